The van der Waals surface area contributed by atoms with Crippen LogP contribution in [0.25, 0.3) is 6.08 Å². The lowest BCUT2D eigenvalue weighted by Gasteiger charge is -2.15. The monoisotopic (exact) mass is 547 g/mol. The smallest absolute Gasteiger partial charge is 0.266 e. The van der Waals surface area contributed by atoms with Crippen LogP contribution in [0.1, 0.15) is 23.6 Å². The lowest BCUT2D eigenvalue weighted by atomic mass is 10.1. The summed E-state index contributed by atoms with van der Waals surface area (Å²) in [5.41, 5.74) is 3.77. The quantitative estimate of drug-likeness (QED) is 0.251. The first kappa shape index (κ1) is 26.5. The molecule has 0 atom stereocenters. The van der Waals surface area contributed by atoms with Crippen molar-refractivity contribution in [2.24, 2.45) is 0 Å². The number of amides is 2. The number of nitrogens with one attached hydrogen (secondary N) is 2. The van der Waals surface area contributed by atoms with Crippen LogP contribution in [0.3, 0.4) is 0 Å². The van der Waals surface area contributed by atoms with E-state index in [0.29, 0.717) is 39.5 Å². The lowest BCUT2D eigenvalue weighted by molar-refractivity contribution is -0.118. The van der Waals surface area contributed by atoms with Crippen LogP contribution >= 0.6 is 15.9 Å². The number of halogens is 1. The molecule has 0 saturated heterocycles. The minimum atomic E-state index is -0.517. The molecule has 0 aromatic heterocycles. The predicted octanol–water partition coefficient (Wildman–Crippen LogP) is 6.03. The number of benzene rings is 3. The van der Waals surface area contributed by atoms with Gasteiger partial charge in [-0.15, -0.1) is 0 Å². The van der Waals surface area contributed by atoms with E-state index >= 15 is 0 Å². The van der Waals surface area contributed by atoms with Gasteiger partial charge in [-0.25, -0.2) is 0 Å². The molecule has 0 aliphatic rings. The summed E-state index contributed by atoms with van der Waals surface area (Å²) in [6, 6.07) is 20.0. The fraction of sp³-hybridized carbons (Fsp3) is 0.179. The number of ether oxygens (including phenoxy) is 2. The molecule has 2 N–H and O–H groups in total. The van der Waals surface area contributed by atoms with Gasteiger partial charge >= 0.3 is 0 Å². The van der Waals surface area contributed by atoms with Gasteiger partial charge in [-0.2, -0.15) is 5.26 Å². The first-order valence-electron chi connectivity index (χ1n) is 11.2. The fourth-order valence-corrected chi connectivity index (χ4v) is 3.96. The van der Waals surface area contributed by atoms with Gasteiger partial charge in [-0.05, 0) is 84.2 Å². The Morgan fingerprint density at radius 3 is 2.44 bits per heavy atom. The first-order valence-corrected chi connectivity index (χ1v) is 12.0. The summed E-state index contributed by atoms with van der Waals surface area (Å²) >= 11 is 3.45. The molecule has 0 radical (unpaired) electrons. The summed E-state index contributed by atoms with van der Waals surface area (Å²) < 4.78 is 12.0. The Hall–Kier alpha value is -4.09. The van der Waals surface area contributed by atoms with Crippen LogP contribution in [0.5, 0.6) is 11.5 Å². The zero-order chi connectivity index (χ0) is 26.1. The van der Waals surface area contributed by atoms with Gasteiger partial charge in [0.15, 0.2) is 18.1 Å². The van der Waals surface area contributed by atoms with E-state index in [1.807, 2.05) is 57.2 Å². The molecule has 3 aromatic rings. The largest absolute Gasteiger partial charge is 0.490 e. The van der Waals surface area contributed by atoms with Crippen molar-refractivity contribution in [3.8, 4) is 17.6 Å². The number of carbonyl (C=O) groups is 2. The third-order valence-corrected chi connectivity index (χ3v) is 5.63. The van der Waals surface area contributed by atoms with E-state index in [1.54, 1.807) is 30.3 Å². The number of aryl methyl sites for hydroxylation is 2. The van der Waals surface area contributed by atoms with E-state index < -0.39 is 5.91 Å². The van der Waals surface area contributed by atoms with Crippen molar-refractivity contribution in [2.45, 2.75) is 20.8 Å². The topological polar surface area (TPSA) is 100 Å². The Labute approximate surface area is 218 Å². The number of anilines is 2. The molecule has 3 aromatic carbocycles. The molecule has 0 aliphatic heterocycles. The van der Waals surface area contributed by atoms with E-state index in [1.165, 1.54) is 6.08 Å². The maximum atomic E-state index is 12.8. The summed E-state index contributed by atoms with van der Waals surface area (Å²) in [7, 11) is 0. The Balaban J connectivity index is 1.78. The highest BCUT2D eigenvalue weighted by Crippen LogP contribution is 2.37. The molecule has 8 heteroatoms. The van der Waals surface area contributed by atoms with Gasteiger partial charge in [0, 0.05) is 11.4 Å². The van der Waals surface area contributed by atoms with Crippen LogP contribution in [0.2, 0.25) is 0 Å². The van der Waals surface area contributed by atoms with Gasteiger partial charge in [0.05, 0.1) is 11.1 Å². The fourth-order valence-electron chi connectivity index (χ4n) is 3.39. The maximum absolute atomic E-state index is 12.8. The number of nitrogens with zero attached hydrogens (tertiary/aromatic N) is 1. The summed E-state index contributed by atoms with van der Waals surface area (Å²) in [5, 5.41) is 15.2. The first-order chi connectivity index (χ1) is 17.3. The van der Waals surface area contributed by atoms with Gasteiger partial charge in [0.1, 0.15) is 11.6 Å². The van der Waals surface area contributed by atoms with E-state index in [-0.39, 0.29) is 18.1 Å². The predicted molar refractivity (Wildman–Crippen MR) is 144 cm³/mol. The molecule has 184 valence electrons. The summed E-state index contributed by atoms with van der Waals surface area (Å²) in [6.07, 6.45) is 1.47. The summed E-state index contributed by atoms with van der Waals surface area (Å²) in [4.78, 5) is 25.1. The third-order valence-electron chi connectivity index (χ3n) is 5.04. The molecule has 0 bridgehead atoms. The van der Waals surface area contributed by atoms with Crippen LogP contribution in [-0.2, 0) is 9.59 Å². The van der Waals surface area contributed by atoms with Crippen LogP contribution in [-0.4, -0.2) is 25.0 Å². The molecule has 0 spiro atoms. The van der Waals surface area contributed by atoms with Crippen molar-refractivity contribution < 1.29 is 19.1 Å². The van der Waals surface area contributed by atoms with Crippen LogP contribution in [0, 0.1) is 25.2 Å². The molecule has 7 nitrogen and oxygen atoms in total. The van der Waals surface area contributed by atoms with Crippen molar-refractivity contribution in [1.82, 2.24) is 0 Å². The van der Waals surface area contributed by atoms with Crippen molar-refractivity contribution in [3.63, 3.8) is 0 Å². The average molecular weight is 548 g/mol. The standard InChI is InChI=1S/C28H26BrN3O4/c1-4-35-25-15-20(13-21(16-30)28(34)32-24-11-10-18(2)12-19(24)3)14-23(29)27(25)36-17-26(33)31-22-8-6-5-7-9-22/h5-15H,4,17H2,1-3H3,(H,31,33)(H,32,34)/b21-13+. The zero-order valence-electron chi connectivity index (χ0n) is 20.2. The number of hydrogen-bond donors (Lipinski definition) is 2. The molecule has 2 amide bonds. The molecular formula is C28H26BrN3O4. The Kier molecular flexibility index (Phi) is 9.25. The van der Waals surface area contributed by atoms with E-state index in [0.717, 1.165) is 11.1 Å². The molecule has 0 heterocycles. The number of nitriles is 1. The SMILES string of the molecule is CCOc1cc(/C=C(\C#N)C(=O)Nc2ccc(C)cc2C)cc(Br)c1OCC(=O)Nc1ccccc1. The number of para-hydroxylation sites is 1. The number of carbonyl (C=O) groups excluding carboxylic acids is 2. The van der Waals surface area contributed by atoms with Gasteiger partial charge in [-0.3, -0.25) is 9.59 Å². The van der Waals surface area contributed by atoms with E-state index in [2.05, 4.69) is 26.6 Å². The average Bonchev–Trinajstić information content (AvgIpc) is 2.84. The summed E-state index contributed by atoms with van der Waals surface area (Å²) in [5.74, 6) is -0.126. The van der Waals surface area contributed by atoms with Crippen LogP contribution < -0.4 is 20.1 Å². The molecule has 3 rings (SSSR count). The molecule has 36 heavy (non-hydrogen) atoms. The molecule has 0 fully saturated rings. The number of rotatable bonds is 9. The van der Waals surface area contributed by atoms with E-state index in [9.17, 15) is 14.9 Å². The van der Waals surface area contributed by atoms with Gasteiger partial charge in [-0.1, -0.05) is 35.9 Å². The molecule has 0 unspecified atom stereocenters. The highest BCUT2D eigenvalue weighted by Gasteiger charge is 2.16. The highest BCUT2D eigenvalue weighted by atomic mass is 79.9. The second-order valence-corrected chi connectivity index (χ2v) is 8.76. The van der Waals surface area contributed by atoms with Gasteiger partial charge < -0.3 is 20.1 Å². The van der Waals surface area contributed by atoms with Gasteiger partial charge in [0.25, 0.3) is 11.8 Å². The zero-order valence-corrected chi connectivity index (χ0v) is 21.8. The van der Waals surface area contributed by atoms with Crippen molar-refractivity contribution in [2.75, 3.05) is 23.8 Å². The van der Waals surface area contributed by atoms with E-state index in [4.69, 9.17) is 9.47 Å². The Morgan fingerprint density at radius 1 is 1.03 bits per heavy atom. The Bertz CT molecular complexity index is 1330. The maximum Gasteiger partial charge on any atom is 0.266 e. The van der Waals surface area contributed by atoms with Crippen molar-refractivity contribution in [3.05, 3.63) is 87.4 Å². The third kappa shape index (κ3) is 7.20. The highest BCUT2D eigenvalue weighted by molar-refractivity contribution is 9.10. The normalized spacial score (nSPS) is 10.8. The van der Waals surface area contributed by atoms with Gasteiger partial charge in [0.2, 0.25) is 0 Å². The number of hydrogen-bond acceptors (Lipinski definition) is 5. The second-order valence-electron chi connectivity index (χ2n) is 7.91. The summed E-state index contributed by atoms with van der Waals surface area (Å²) in [6.45, 7) is 5.80. The second kappa shape index (κ2) is 12.6. The molecule has 0 saturated carbocycles. The van der Waals surface area contributed by atoms with Crippen LogP contribution in [0.15, 0.2) is 70.7 Å². The van der Waals surface area contributed by atoms with Crippen molar-refractivity contribution >= 4 is 45.2 Å². The molecular weight excluding hydrogens is 522 g/mol. The lowest BCUT2D eigenvalue weighted by Crippen LogP contribution is -2.20. The molecule has 0 aliphatic carbocycles. The van der Waals surface area contributed by atoms with Crippen LogP contribution in [0.4, 0.5) is 11.4 Å². The Morgan fingerprint density at radius 2 is 1.78 bits per heavy atom. The van der Waals surface area contributed by atoms with Crippen molar-refractivity contribution in [1.29, 1.82) is 5.26 Å². The minimum Gasteiger partial charge on any atom is -0.490 e. The minimum absolute atomic E-state index is 0.0692.